The van der Waals surface area contributed by atoms with Gasteiger partial charge in [0.2, 0.25) is 0 Å². The first-order valence-corrected chi connectivity index (χ1v) is 12.9. The average Bonchev–Trinajstić information content (AvgIpc) is 3.01. The maximum Gasteiger partial charge on any atom is 0.0717 e. The van der Waals surface area contributed by atoms with Crippen LogP contribution in [0.15, 0.2) is 134 Å². The molecular formula is C35H25N3. The van der Waals surface area contributed by atoms with Crippen LogP contribution >= 0.6 is 0 Å². The first kappa shape index (κ1) is 22.2. The van der Waals surface area contributed by atoms with E-state index in [0.717, 1.165) is 29.1 Å². The van der Waals surface area contributed by atoms with E-state index in [9.17, 15) is 0 Å². The number of aromatic nitrogens is 2. The lowest BCUT2D eigenvalue weighted by atomic mass is 9.86. The summed E-state index contributed by atoms with van der Waals surface area (Å²) in [6.45, 7) is 0.872. The van der Waals surface area contributed by atoms with Crippen molar-refractivity contribution in [1.29, 1.82) is 0 Å². The highest BCUT2D eigenvalue weighted by Crippen LogP contribution is 2.43. The first-order valence-electron chi connectivity index (χ1n) is 12.9. The van der Waals surface area contributed by atoms with Gasteiger partial charge in [-0.3, -0.25) is 9.97 Å². The van der Waals surface area contributed by atoms with Crippen molar-refractivity contribution < 1.29 is 0 Å². The third-order valence-electron chi connectivity index (χ3n) is 7.19. The van der Waals surface area contributed by atoms with Gasteiger partial charge in [-0.1, -0.05) is 84.9 Å². The Labute approximate surface area is 221 Å². The molecule has 0 aliphatic carbocycles. The van der Waals surface area contributed by atoms with E-state index in [0.29, 0.717) is 0 Å². The lowest BCUT2D eigenvalue weighted by molar-refractivity contribution is 0.976. The second kappa shape index (κ2) is 9.45. The molecule has 3 heterocycles. The van der Waals surface area contributed by atoms with Crippen molar-refractivity contribution >= 4 is 27.1 Å². The number of pyridine rings is 2. The number of hydrogen-bond acceptors (Lipinski definition) is 3. The van der Waals surface area contributed by atoms with E-state index in [1.54, 1.807) is 0 Å². The molecule has 6 aromatic rings. The third kappa shape index (κ3) is 3.86. The largest absolute Gasteiger partial charge is 0.387 e. The summed E-state index contributed by atoms with van der Waals surface area (Å²) in [6, 6.07) is 36.4. The Morgan fingerprint density at radius 3 is 1.89 bits per heavy atom. The fraction of sp³-hybridized carbons (Fsp3) is 0.0286. The molecule has 0 unspecified atom stereocenters. The van der Waals surface area contributed by atoms with Crippen LogP contribution in [0.3, 0.4) is 0 Å². The van der Waals surface area contributed by atoms with Gasteiger partial charge in [0.25, 0.3) is 0 Å². The fourth-order valence-electron chi connectivity index (χ4n) is 5.45. The van der Waals surface area contributed by atoms with Crippen molar-refractivity contribution in [2.45, 2.75) is 0 Å². The molecule has 0 amide bonds. The molecule has 3 heteroatoms. The fourth-order valence-corrected chi connectivity index (χ4v) is 5.45. The lowest BCUT2D eigenvalue weighted by Crippen LogP contribution is -2.08. The molecule has 0 saturated carbocycles. The van der Waals surface area contributed by atoms with Gasteiger partial charge in [-0.15, -0.1) is 0 Å². The van der Waals surface area contributed by atoms with E-state index < -0.39 is 0 Å². The molecular weight excluding hydrogens is 462 g/mol. The number of fused-ring (bicyclic) bond motifs is 2. The quantitative estimate of drug-likeness (QED) is 0.254. The van der Waals surface area contributed by atoms with Crippen LogP contribution < -0.4 is 5.32 Å². The van der Waals surface area contributed by atoms with Crippen molar-refractivity contribution in [3.8, 4) is 33.6 Å². The highest BCUT2D eigenvalue weighted by Gasteiger charge is 2.17. The number of benzene rings is 4. The molecule has 7 rings (SSSR count). The third-order valence-corrected chi connectivity index (χ3v) is 7.19. The van der Waals surface area contributed by atoms with Crippen LogP contribution in [-0.2, 0) is 0 Å². The minimum Gasteiger partial charge on any atom is -0.387 e. The Kier molecular flexibility index (Phi) is 5.52. The zero-order chi connectivity index (χ0) is 25.3. The van der Waals surface area contributed by atoms with Gasteiger partial charge in [0.15, 0.2) is 0 Å². The lowest BCUT2D eigenvalue weighted by Gasteiger charge is -2.18. The Hall–Kier alpha value is -5.02. The molecule has 180 valence electrons. The highest BCUT2D eigenvalue weighted by molar-refractivity contribution is 6.21. The molecule has 2 aromatic heterocycles. The summed E-state index contributed by atoms with van der Waals surface area (Å²) in [7, 11) is 0. The number of rotatable bonds is 4. The molecule has 4 aromatic carbocycles. The van der Waals surface area contributed by atoms with Gasteiger partial charge in [0, 0.05) is 36.3 Å². The Morgan fingerprint density at radius 2 is 1.26 bits per heavy atom. The minimum absolute atomic E-state index is 0.872. The molecule has 0 saturated heterocycles. The van der Waals surface area contributed by atoms with Crippen LogP contribution in [0.1, 0.15) is 5.56 Å². The van der Waals surface area contributed by atoms with Crippen molar-refractivity contribution in [3.05, 3.63) is 139 Å². The topological polar surface area (TPSA) is 37.8 Å². The Bertz CT molecular complexity index is 1790. The Balaban J connectivity index is 1.46. The maximum absolute atomic E-state index is 4.94. The van der Waals surface area contributed by atoms with E-state index in [1.165, 1.54) is 43.8 Å². The summed E-state index contributed by atoms with van der Waals surface area (Å²) >= 11 is 0. The minimum atomic E-state index is 0.872. The molecule has 38 heavy (non-hydrogen) atoms. The zero-order valence-corrected chi connectivity index (χ0v) is 20.8. The summed E-state index contributed by atoms with van der Waals surface area (Å²) in [4.78, 5) is 9.43. The van der Waals surface area contributed by atoms with Crippen LogP contribution in [-0.4, -0.2) is 16.5 Å². The van der Waals surface area contributed by atoms with Crippen LogP contribution in [0, 0.1) is 0 Å². The number of allylic oxidation sites excluding steroid dienone is 2. The van der Waals surface area contributed by atoms with Crippen molar-refractivity contribution in [2.24, 2.45) is 0 Å². The molecule has 0 radical (unpaired) electrons. The SMILES string of the molecule is C1=CC(c2cccc(-c3c4ccccc4c(-c4ccc(-c5ccccn5)cn4)c4ccccc34)c2)=CNC1. The van der Waals surface area contributed by atoms with Gasteiger partial charge in [-0.25, -0.2) is 0 Å². The first-order chi connectivity index (χ1) is 18.9. The number of dihydropyridines is 1. The maximum atomic E-state index is 4.94. The molecule has 3 nitrogen and oxygen atoms in total. The molecule has 0 fully saturated rings. The number of hydrogen-bond donors (Lipinski definition) is 1. The van der Waals surface area contributed by atoms with Crippen molar-refractivity contribution in [1.82, 2.24) is 15.3 Å². The summed E-state index contributed by atoms with van der Waals surface area (Å²) < 4.78 is 0. The predicted octanol–water partition coefficient (Wildman–Crippen LogP) is 8.28. The van der Waals surface area contributed by atoms with Gasteiger partial charge in [0.05, 0.1) is 11.4 Å². The second-order valence-corrected chi connectivity index (χ2v) is 9.48. The average molecular weight is 488 g/mol. The van der Waals surface area contributed by atoms with Crippen LogP contribution in [0.5, 0.6) is 0 Å². The molecule has 0 atom stereocenters. The number of nitrogens with zero attached hydrogens (tertiary/aromatic N) is 2. The summed E-state index contributed by atoms with van der Waals surface area (Å²) in [5.74, 6) is 0. The Morgan fingerprint density at radius 1 is 0.553 bits per heavy atom. The van der Waals surface area contributed by atoms with E-state index >= 15 is 0 Å². The monoisotopic (exact) mass is 487 g/mol. The molecule has 1 aliphatic heterocycles. The molecule has 1 N–H and O–H groups in total. The molecule has 0 spiro atoms. The van der Waals surface area contributed by atoms with Crippen molar-refractivity contribution in [3.63, 3.8) is 0 Å². The number of nitrogens with one attached hydrogen (secondary N) is 1. The van der Waals surface area contributed by atoms with Crippen molar-refractivity contribution in [2.75, 3.05) is 6.54 Å². The molecule has 1 aliphatic rings. The van der Waals surface area contributed by atoms with Gasteiger partial charge >= 0.3 is 0 Å². The van der Waals surface area contributed by atoms with E-state index in [1.807, 2.05) is 30.6 Å². The highest BCUT2D eigenvalue weighted by atomic mass is 14.8. The predicted molar refractivity (Wildman–Crippen MR) is 158 cm³/mol. The molecule has 0 bridgehead atoms. The van der Waals surface area contributed by atoms with Gasteiger partial charge in [-0.05, 0) is 74.1 Å². The zero-order valence-electron chi connectivity index (χ0n) is 20.8. The standard InChI is InChI=1S/C35H25N3/c1-3-14-30-28(12-1)34(25-10-7-9-24(21-25)26-11-8-19-36-22-26)29-13-2-4-15-31(29)35(30)33-18-17-27(23-38-33)32-16-5-6-20-37-32/h1-18,20-23,36H,19H2. The van der Waals surface area contributed by atoms with Crippen LogP contribution in [0.25, 0.3) is 60.8 Å². The van der Waals surface area contributed by atoms with Crippen LogP contribution in [0.2, 0.25) is 0 Å². The van der Waals surface area contributed by atoms with Gasteiger partial charge in [-0.2, -0.15) is 0 Å². The normalized spacial score (nSPS) is 12.9. The summed E-state index contributed by atoms with van der Waals surface area (Å²) in [6.07, 6.45) is 10.2. The summed E-state index contributed by atoms with van der Waals surface area (Å²) in [5, 5.41) is 8.17. The van der Waals surface area contributed by atoms with E-state index in [-0.39, 0.29) is 0 Å². The smallest absolute Gasteiger partial charge is 0.0717 e. The van der Waals surface area contributed by atoms with Gasteiger partial charge < -0.3 is 5.32 Å². The van der Waals surface area contributed by atoms with E-state index in [2.05, 4.69) is 114 Å². The second-order valence-electron chi connectivity index (χ2n) is 9.48. The van der Waals surface area contributed by atoms with Crippen LogP contribution in [0.4, 0.5) is 0 Å². The van der Waals surface area contributed by atoms with Gasteiger partial charge in [0.1, 0.15) is 0 Å². The van der Waals surface area contributed by atoms with E-state index in [4.69, 9.17) is 4.98 Å². The summed E-state index contributed by atoms with van der Waals surface area (Å²) in [5.41, 5.74) is 8.91.